The molecule has 3 nitrogen and oxygen atoms in total. The Hall–Kier alpha value is -1.90. The van der Waals surface area contributed by atoms with Crippen molar-refractivity contribution in [3.8, 4) is 0 Å². The van der Waals surface area contributed by atoms with E-state index in [-0.39, 0.29) is 5.84 Å². The van der Waals surface area contributed by atoms with Gasteiger partial charge in [0.2, 0.25) is 0 Å². The molecule has 0 atom stereocenters. The number of hydrogen-bond donors (Lipinski definition) is 2. The van der Waals surface area contributed by atoms with Crippen LogP contribution in [0.3, 0.4) is 0 Å². The minimum Gasteiger partial charge on any atom is -0.384 e. The fraction of sp³-hybridized carbons (Fsp3) is 0.0909. The first-order chi connectivity index (χ1) is 6.68. The summed E-state index contributed by atoms with van der Waals surface area (Å²) >= 11 is 0. The minimum absolute atomic E-state index is 0.0861. The summed E-state index contributed by atoms with van der Waals surface area (Å²) in [6, 6.07) is 7.71. The molecule has 0 fully saturated rings. The van der Waals surface area contributed by atoms with Crippen molar-refractivity contribution in [3.63, 3.8) is 0 Å². The van der Waals surface area contributed by atoms with Crippen molar-refractivity contribution in [2.75, 3.05) is 0 Å². The van der Waals surface area contributed by atoms with Gasteiger partial charge in [-0.05, 0) is 25.1 Å². The average molecular weight is 185 g/mol. The zero-order chi connectivity index (χ0) is 10.1. The van der Waals surface area contributed by atoms with Crippen LogP contribution in [-0.2, 0) is 0 Å². The van der Waals surface area contributed by atoms with E-state index < -0.39 is 0 Å². The lowest BCUT2D eigenvalue weighted by atomic mass is 10.1. The van der Waals surface area contributed by atoms with Gasteiger partial charge in [-0.25, -0.2) is 0 Å². The fourth-order valence-electron chi connectivity index (χ4n) is 1.49. The highest BCUT2D eigenvalue weighted by atomic mass is 14.7. The summed E-state index contributed by atoms with van der Waals surface area (Å²) in [6.07, 6.45) is 1.67. The third kappa shape index (κ3) is 1.33. The molecule has 70 valence electrons. The van der Waals surface area contributed by atoms with Crippen molar-refractivity contribution in [3.05, 3.63) is 41.6 Å². The molecule has 0 spiro atoms. The highest BCUT2D eigenvalue weighted by Gasteiger charge is 2.03. The molecule has 14 heavy (non-hydrogen) atoms. The van der Waals surface area contributed by atoms with E-state index >= 15 is 0 Å². The summed E-state index contributed by atoms with van der Waals surface area (Å²) in [5.74, 6) is 0.0861. The monoisotopic (exact) mass is 185 g/mol. The first-order valence-corrected chi connectivity index (χ1v) is 4.38. The van der Waals surface area contributed by atoms with Crippen molar-refractivity contribution < 1.29 is 0 Å². The highest BCUT2D eigenvalue weighted by molar-refractivity contribution is 6.06. The number of pyridine rings is 1. The number of rotatable bonds is 1. The molecule has 1 heterocycles. The molecule has 1 aromatic carbocycles. The van der Waals surface area contributed by atoms with E-state index in [2.05, 4.69) is 4.98 Å². The molecule has 2 rings (SSSR count). The van der Waals surface area contributed by atoms with Crippen LogP contribution in [-0.4, -0.2) is 10.8 Å². The lowest BCUT2D eigenvalue weighted by molar-refractivity contribution is 1.36. The second-order valence-electron chi connectivity index (χ2n) is 3.29. The Balaban J connectivity index is 2.84. The molecule has 1 aromatic heterocycles. The van der Waals surface area contributed by atoms with Crippen molar-refractivity contribution in [2.24, 2.45) is 5.73 Å². The van der Waals surface area contributed by atoms with Gasteiger partial charge in [0.05, 0.1) is 5.52 Å². The number of aromatic nitrogens is 1. The van der Waals surface area contributed by atoms with E-state index in [1.807, 2.05) is 25.1 Å². The van der Waals surface area contributed by atoms with Gasteiger partial charge in [-0.15, -0.1) is 0 Å². The molecule has 3 N–H and O–H groups in total. The molecular weight excluding hydrogens is 174 g/mol. The first kappa shape index (κ1) is 8.69. The number of nitrogens with one attached hydrogen (secondary N) is 1. The standard InChI is InChI=1S/C11H11N3/c1-7-2-3-10-9(6-7)8(11(12)13)4-5-14-10/h2-6H,1H3,(H3,12,13). The Morgan fingerprint density at radius 1 is 1.36 bits per heavy atom. The maximum Gasteiger partial charge on any atom is 0.123 e. The zero-order valence-corrected chi connectivity index (χ0v) is 7.91. The fourth-order valence-corrected chi connectivity index (χ4v) is 1.49. The average Bonchev–Trinajstić information content (AvgIpc) is 2.16. The summed E-state index contributed by atoms with van der Waals surface area (Å²) in [6.45, 7) is 2.01. The molecule has 0 unspecified atom stereocenters. The van der Waals surface area contributed by atoms with Gasteiger partial charge in [0.15, 0.2) is 0 Å². The normalized spacial score (nSPS) is 10.4. The SMILES string of the molecule is Cc1ccc2nccc(C(=N)N)c2c1. The number of hydrogen-bond acceptors (Lipinski definition) is 2. The van der Waals surface area contributed by atoms with Crippen LogP contribution in [0.1, 0.15) is 11.1 Å². The van der Waals surface area contributed by atoms with Gasteiger partial charge < -0.3 is 5.73 Å². The molecule has 0 amide bonds. The Morgan fingerprint density at radius 3 is 2.86 bits per heavy atom. The molecule has 0 aliphatic rings. The van der Waals surface area contributed by atoms with Crippen molar-refractivity contribution in [1.29, 1.82) is 5.41 Å². The minimum atomic E-state index is 0.0861. The predicted octanol–water partition coefficient (Wildman–Crippen LogP) is 1.83. The quantitative estimate of drug-likeness (QED) is 0.526. The lowest BCUT2D eigenvalue weighted by Gasteiger charge is -2.04. The van der Waals surface area contributed by atoms with E-state index in [1.165, 1.54) is 0 Å². The smallest absolute Gasteiger partial charge is 0.123 e. The van der Waals surface area contributed by atoms with Gasteiger partial charge in [0.25, 0.3) is 0 Å². The van der Waals surface area contributed by atoms with Crippen LogP contribution in [0.2, 0.25) is 0 Å². The number of nitrogens with two attached hydrogens (primary N) is 1. The molecule has 0 aliphatic carbocycles. The van der Waals surface area contributed by atoms with Gasteiger partial charge >= 0.3 is 0 Å². The summed E-state index contributed by atoms with van der Waals surface area (Å²) in [5, 5.41) is 8.38. The topological polar surface area (TPSA) is 62.8 Å². The summed E-state index contributed by atoms with van der Waals surface area (Å²) in [7, 11) is 0. The predicted molar refractivity (Wildman–Crippen MR) is 57.5 cm³/mol. The van der Waals surface area contributed by atoms with Crippen molar-refractivity contribution in [1.82, 2.24) is 4.98 Å². The number of nitrogen functional groups attached to an aromatic ring is 1. The van der Waals surface area contributed by atoms with Crippen LogP contribution < -0.4 is 5.73 Å². The second-order valence-corrected chi connectivity index (χ2v) is 3.29. The molecule has 0 saturated carbocycles. The number of nitrogens with zero attached hydrogens (tertiary/aromatic N) is 1. The van der Waals surface area contributed by atoms with Crippen LogP contribution in [0.25, 0.3) is 10.9 Å². The number of benzene rings is 1. The van der Waals surface area contributed by atoms with Gasteiger partial charge in [-0.2, -0.15) is 0 Å². The maximum atomic E-state index is 7.44. The molecular formula is C11H11N3. The molecule has 0 radical (unpaired) electrons. The molecule has 0 aliphatic heterocycles. The summed E-state index contributed by atoms with van der Waals surface area (Å²) in [5.41, 5.74) is 8.26. The Morgan fingerprint density at radius 2 is 2.14 bits per heavy atom. The molecule has 0 bridgehead atoms. The number of amidine groups is 1. The van der Waals surface area contributed by atoms with Crippen molar-refractivity contribution >= 4 is 16.7 Å². The van der Waals surface area contributed by atoms with E-state index in [4.69, 9.17) is 11.1 Å². The lowest BCUT2D eigenvalue weighted by Crippen LogP contribution is -2.11. The molecule has 2 aromatic rings. The zero-order valence-electron chi connectivity index (χ0n) is 7.91. The summed E-state index contributed by atoms with van der Waals surface area (Å²) < 4.78 is 0. The Bertz CT molecular complexity index is 503. The van der Waals surface area contributed by atoms with Gasteiger partial charge in [0, 0.05) is 17.1 Å². The van der Waals surface area contributed by atoms with Crippen molar-refractivity contribution in [2.45, 2.75) is 6.92 Å². The largest absolute Gasteiger partial charge is 0.384 e. The van der Waals surface area contributed by atoms with Gasteiger partial charge in [-0.1, -0.05) is 11.6 Å². The van der Waals surface area contributed by atoms with E-state index in [9.17, 15) is 0 Å². The van der Waals surface area contributed by atoms with Crippen LogP contribution in [0.4, 0.5) is 0 Å². The highest BCUT2D eigenvalue weighted by Crippen LogP contribution is 2.17. The van der Waals surface area contributed by atoms with Crippen LogP contribution in [0.5, 0.6) is 0 Å². The molecule has 0 saturated heterocycles. The Labute approximate surface area is 82.1 Å². The van der Waals surface area contributed by atoms with Crippen LogP contribution in [0, 0.1) is 12.3 Å². The maximum absolute atomic E-state index is 7.44. The number of fused-ring (bicyclic) bond motifs is 1. The van der Waals surface area contributed by atoms with E-state index in [1.54, 1.807) is 12.3 Å². The molecule has 3 heteroatoms. The van der Waals surface area contributed by atoms with E-state index in [0.717, 1.165) is 22.0 Å². The van der Waals surface area contributed by atoms with Gasteiger partial charge in [-0.3, -0.25) is 10.4 Å². The van der Waals surface area contributed by atoms with Crippen LogP contribution in [0.15, 0.2) is 30.5 Å². The van der Waals surface area contributed by atoms with E-state index in [0.29, 0.717) is 0 Å². The van der Waals surface area contributed by atoms with Crippen LogP contribution >= 0.6 is 0 Å². The number of aryl methyl sites for hydroxylation is 1. The first-order valence-electron chi connectivity index (χ1n) is 4.38. The second kappa shape index (κ2) is 3.10. The third-order valence-corrected chi connectivity index (χ3v) is 2.19. The van der Waals surface area contributed by atoms with Gasteiger partial charge in [0.1, 0.15) is 5.84 Å². The summed E-state index contributed by atoms with van der Waals surface area (Å²) in [4.78, 5) is 4.21. The Kier molecular flexibility index (Phi) is 1.93. The third-order valence-electron chi connectivity index (χ3n) is 2.19.